The summed E-state index contributed by atoms with van der Waals surface area (Å²) in [5.41, 5.74) is -0.294. The van der Waals surface area contributed by atoms with Crippen LogP contribution in [0.4, 0.5) is 0 Å². The van der Waals surface area contributed by atoms with Crippen molar-refractivity contribution in [3.63, 3.8) is 0 Å². The molecular formula is C20H28BO5P. The largest absolute Gasteiger partial charge is 0.496 e. The van der Waals surface area contributed by atoms with Crippen LogP contribution in [0.1, 0.15) is 41.5 Å². The highest BCUT2D eigenvalue weighted by atomic mass is 31.2. The molecule has 1 aliphatic rings. The first-order valence-corrected chi connectivity index (χ1v) is 11.0. The molecule has 2 aromatic rings. The summed E-state index contributed by atoms with van der Waals surface area (Å²) in [5.74, 6) is 0. The maximum absolute atomic E-state index is 13.6. The number of hydrogen-bond acceptors (Lipinski definition) is 5. The molecule has 0 bridgehead atoms. The number of rotatable bonds is 6. The fourth-order valence-electron chi connectivity index (χ4n) is 3.25. The monoisotopic (exact) mass is 390 g/mol. The van der Waals surface area contributed by atoms with E-state index in [4.69, 9.17) is 18.4 Å². The molecule has 0 atom stereocenters. The summed E-state index contributed by atoms with van der Waals surface area (Å²) in [5, 5.41) is 2.45. The summed E-state index contributed by atoms with van der Waals surface area (Å²) in [4.78, 5) is 0. The lowest BCUT2D eigenvalue weighted by atomic mass is 9.76. The molecule has 7 heteroatoms. The quantitative estimate of drug-likeness (QED) is 0.551. The van der Waals surface area contributed by atoms with Crippen LogP contribution in [0, 0.1) is 0 Å². The van der Waals surface area contributed by atoms with Crippen molar-refractivity contribution < 1.29 is 22.9 Å². The SMILES string of the molecule is CCOP(=O)(OCC)c1ccc2ccccc2c1B1OC(C)(C)C(C)(C)O1. The van der Waals surface area contributed by atoms with Gasteiger partial charge in [-0.2, -0.15) is 0 Å². The van der Waals surface area contributed by atoms with E-state index in [9.17, 15) is 4.57 Å². The zero-order valence-electron chi connectivity index (χ0n) is 16.9. The highest BCUT2D eigenvalue weighted by Crippen LogP contribution is 2.47. The van der Waals surface area contributed by atoms with Crippen molar-refractivity contribution in [1.29, 1.82) is 0 Å². The molecule has 1 fully saturated rings. The molecule has 1 saturated heterocycles. The van der Waals surface area contributed by atoms with Crippen LogP contribution >= 0.6 is 7.60 Å². The number of hydrogen-bond donors (Lipinski definition) is 0. The zero-order valence-corrected chi connectivity index (χ0v) is 17.8. The van der Waals surface area contributed by atoms with E-state index in [2.05, 4.69) is 0 Å². The van der Waals surface area contributed by atoms with E-state index >= 15 is 0 Å². The van der Waals surface area contributed by atoms with E-state index in [1.807, 2.05) is 64.1 Å². The Kier molecular flexibility index (Phi) is 5.59. The first-order valence-electron chi connectivity index (χ1n) is 9.42. The normalized spacial score (nSPS) is 19.0. The molecule has 0 aliphatic carbocycles. The molecule has 27 heavy (non-hydrogen) atoms. The fourth-order valence-corrected chi connectivity index (χ4v) is 5.06. The fraction of sp³-hybridized carbons (Fsp3) is 0.500. The van der Waals surface area contributed by atoms with Gasteiger partial charge in [0.05, 0.1) is 29.7 Å². The summed E-state index contributed by atoms with van der Waals surface area (Å²) >= 11 is 0. The molecule has 0 N–H and O–H groups in total. The molecule has 0 saturated carbocycles. The molecule has 1 heterocycles. The highest BCUT2D eigenvalue weighted by molar-refractivity contribution is 7.63. The average Bonchev–Trinajstić information content (AvgIpc) is 2.81. The van der Waals surface area contributed by atoms with Crippen molar-refractivity contribution in [3.05, 3.63) is 36.4 Å². The van der Waals surface area contributed by atoms with Gasteiger partial charge in [0.1, 0.15) is 0 Å². The molecular weight excluding hydrogens is 362 g/mol. The van der Waals surface area contributed by atoms with Crippen LogP contribution in [0.2, 0.25) is 0 Å². The van der Waals surface area contributed by atoms with Gasteiger partial charge < -0.3 is 18.4 Å². The standard InChI is InChI=1S/C20H28BO5P/c1-7-23-27(22,24-8-2)17-14-13-15-11-9-10-12-16(15)18(17)21-25-19(3,4)20(5,6)26-21/h9-14H,7-8H2,1-6H3. The van der Waals surface area contributed by atoms with Crippen LogP contribution in [-0.2, 0) is 22.9 Å². The predicted octanol–water partition coefficient (Wildman–Crippen LogP) is 4.03. The van der Waals surface area contributed by atoms with E-state index in [1.165, 1.54) is 0 Å². The van der Waals surface area contributed by atoms with Gasteiger partial charge in [-0.15, -0.1) is 0 Å². The molecule has 2 aromatic carbocycles. The lowest BCUT2D eigenvalue weighted by molar-refractivity contribution is 0.00578. The minimum absolute atomic E-state index is 0.285. The van der Waals surface area contributed by atoms with Crippen molar-refractivity contribution in [2.24, 2.45) is 0 Å². The van der Waals surface area contributed by atoms with Crippen molar-refractivity contribution in [1.82, 2.24) is 0 Å². The van der Waals surface area contributed by atoms with Crippen LogP contribution in [0.3, 0.4) is 0 Å². The Bertz CT molecular complexity index is 854. The van der Waals surface area contributed by atoms with Crippen molar-refractivity contribution in [2.45, 2.75) is 52.7 Å². The minimum Gasteiger partial charge on any atom is -0.399 e. The number of fused-ring (bicyclic) bond motifs is 1. The van der Waals surface area contributed by atoms with Crippen LogP contribution in [0.5, 0.6) is 0 Å². The van der Waals surface area contributed by atoms with Crippen molar-refractivity contribution >= 4 is 36.3 Å². The Balaban J connectivity index is 2.24. The summed E-state index contributed by atoms with van der Waals surface area (Å²) < 4.78 is 37.5. The molecule has 0 unspecified atom stereocenters. The van der Waals surface area contributed by atoms with Crippen molar-refractivity contribution in [3.8, 4) is 0 Å². The Morgan fingerprint density at radius 1 is 0.926 bits per heavy atom. The third kappa shape index (κ3) is 3.62. The van der Waals surface area contributed by atoms with Gasteiger partial charge in [-0.1, -0.05) is 30.3 Å². The topological polar surface area (TPSA) is 54.0 Å². The Labute approximate surface area is 162 Å². The van der Waals surface area contributed by atoms with Crippen LogP contribution in [0.15, 0.2) is 36.4 Å². The van der Waals surface area contributed by atoms with Gasteiger partial charge in [0.15, 0.2) is 0 Å². The van der Waals surface area contributed by atoms with Gasteiger partial charge in [0, 0.05) is 5.46 Å². The van der Waals surface area contributed by atoms with Crippen LogP contribution in [0.25, 0.3) is 10.8 Å². The van der Waals surface area contributed by atoms with E-state index in [1.54, 1.807) is 13.8 Å². The van der Waals surface area contributed by atoms with Gasteiger partial charge in [-0.25, -0.2) is 0 Å². The second-order valence-corrected chi connectivity index (χ2v) is 9.63. The van der Waals surface area contributed by atoms with Crippen molar-refractivity contribution in [2.75, 3.05) is 13.2 Å². The maximum Gasteiger partial charge on any atom is 0.496 e. The summed E-state index contributed by atoms with van der Waals surface area (Å²) in [6.45, 7) is 12.2. The Morgan fingerprint density at radius 3 is 2.04 bits per heavy atom. The summed E-state index contributed by atoms with van der Waals surface area (Å²) in [6.07, 6.45) is 0. The van der Waals surface area contributed by atoms with E-state index in [0.29, 0.717) is 5.30 Å². The molecule has 3 rings (SSSR count). The number of benzene rings is 2. The minimum atomic E-state index is -3.51. The van der Waals surface area contributed by atoms with Gasteiger partial charge in [0.25, 0.3) is 0 Å². The third-order valence-electron chi connectivity index (χ3n) is 5.33. The van der Waals surface area contributed by atoms with Gasteiger partial charge >= 0.3 is 14.7 Å². The van der Waals surface area contributed by atoms with Crippen LogP contribution in [-0.4, -0.2) is 31.5 Å². The molecule has 0 radical (unpaired) electrons. The van der Waals surface area contributed by atoms with E-state index in [-0.39, 0.29) is 13.2 Å². The maximum atomic E-state index is 13.6. The Morgan fingerprint density at radius 2 is 1.48 bits per heavy atom. The summed E-state index contributed by atoms with van der Waals surface area (Å²) in [6, 6.07) is 11.7. The lowest BCUT2D eigenvalue weighted by Gasteiger charge is -2.32. The highest BCUT2D eigenvalue weighted by Gasteiger charge is 2.53. The van der Waals surface area contributed by atoms with E-state index in [0.717, 1.165) is 16.2 Å². The molecule has 0 spiro atoms. The lowest BCUT2D eigenvalue weighted by Crippen LogP contribution is -2.44. The summed E-state index contributed by atoms with van der Waals surface area (Å²) in [7, 11) is -4.17. The van der Waals surface area contributed by atoms with E-state index < -0.39 is 25.9 Å². The smallest absolute Gasteiger partial charge is 0.399 e. The van der Waals surface area contributed by atoms with Crippen LogP contribution < -0.4 is 10.8 Å². The molecule has 1 aliphatic heterocycles. The second kappa shape index (κ2) is 7.34. The van der Waals surface area contributed by atoms with Gasteiger partial charge in [-0.3, -0.25) is 4.57 Å². The first kappa shape index (κ1) is 20.6. The predicted molar refractivity (Wildman–Crippen MR) is 110 cm³/mol. The zero-order chi connectivity index (χ0) is 19.9. The molecule has 146 valence electrons. The first-order chi connectivity index (χ1) is 12.6. The molecule has 5 nitrogen and oxygen atoms in total. The van der Waals surface area contributed by atoms with Gasteiger partial charge in [-0.05, 0) is 58.4 Å². The molecule has 0 aromatic heterocycles. The van der Waals surface area contributed by atoms with Gasteiger partial charge in [0.2, 0.25) is 0 Å². The molecule has 0 amide bonds. The third-order valence-corrected chi connectivity index (χ3v) is 7.51. The Hall–Kier alpha value is -1.17. The second-order valence-electron chi connectivity index (χ2n) is 7.64. The average molecular weight is 390 g/mol.